The molecule has 39 heavy (non-hydrogen) atoms. The van der Waals surface area contributed by atoms with Crippen LogP contribution in [0.25, 0.3) is 0 Å². The van der Waals surface area contributed by atoms with Gasteiger partial charge >= 0.3 is 0 Å². The smallest absolute Gasteiger partial charge is 0.271 e. The Kier molecular flexibility index (Phi) is 5.50. The van der Waals surface area contributed by atoms with Crippen LogP contribution in [0.5, 0.6) is 5.75 Å². The lowest BCUT2D eigenvalue weighted by atomic mass is 9.59. The van der Waals surface area contributed by atoms with Crippen LogP contribution in [0.1, 0.15) is 36.8 Å². The summed E-state index contributed by atoms with van der Waals surface area (Å²) in [5.74, 6) is -4.32. The van der Waals surface area contributed by atoms with E-state index in [1.165, 1.54) is 30.3 Å². The Morgan fingerprint density at radius 2 is 1.74 bits per heavy atom. The second-order valence-electron chi connectivity index (χ2n) is 10.5. The minimum Gasteiger partial charge on any atom is -0.507 e. The maximum atomic E-state index is 13.9. The zero-order valence-corrected chi connectivity index (χ0v) is 21.2. The minimum atomic E-state index is -0.810. The van der Waals surface area contributed by atoms with Crippen LogP contribution in [0.4, 0.5) is 11.4 Å². The van der Waals surface area contributed by atoms with Crippen LogP contribution in [-0.2, 0) is 19.2 Å². The molecule has 1 saturated heterocycles. The summed E-state index contributed by atoms with van der Waals surface area (Å²) in [6.07, 6.45) is 3.52. The highest BCUT2D eigenvalue weighted by atomic mass is 16.6. The Labute approximate surface area is 223 Å². The molecule has 0 bridgehead atoms. The van der Waals surface area contributed by atoms with Crippen molar-refractivity contribution in [3.63, 3.8) is 0 Å². The molecule has 0 saturated carbocycles. The first-order chi connectivity index (χ1) is 18.6. The molecule has 1 aliphatic heterocycles. The number of hydrogen-bond donors (Lipinski definition) is 1. The third-order valence-corrected chi connectivity index (χ3v) is 8.44. The fourth-order valence-electron chi connectivity index (χ4n) is 6.63. The third kappa shape index (κ3) is 3.53. The Bertz CT molecular complexity index is 1630. The summed E-state index contributed by atoms with van der Waals surface area (Å²) >= 11 is 0. The first-order valence-corrected chi connectivity index (χ1v) is 12.7. The standard InChI is InChI=1S/C30H24N2O7/c1-14-5-3-8-19(27(14)34)24-18-9-10-20-25(21(18)13-22-23(33)11-15(2)28(35)26(22)24)30(37)31(29(20)36)16-6-4-7-17(12-16)32(38)39/h3-9,11-12,20-21,24-25,34H,10,13H2,1-2H3. The molecule has 2 amide bonds. The Hall–Kier alpha value is -4.66. The van der Waals surface area contributed by atoms with Gasteiger partial charge in [-0.05, 0) is 50.3 Å². The first kappa shape index (κ1) is 24.7. The summed E-state index contributed by atoms with van der Waals surface area (Å²) in [5, 5.41) is 22.4. The number of Topliss-reactive ketones (excluding diaryl/α,β-unsaturated/α-hetero) is 1. The van der Waals surface area contributed by atoms with Crippen LogP contribution in [0.15, 0.2) is 76.9 Å². The van der Waals surface area contributed by atoms with Crippen LogP contribution >= 0.6 is 0 Å². The number of phenols is 1. The molecule has 9 heteroatoms. The van der Waals surface area contributed by atoms with Gasteiger partial charge in [0.15, 0.2) is 11.6 Å². The molecule has 196 valence electrons. The largest absolute Gasteiger partial charge is 0.507 e. The monoisotopic (exact) mass is 524 g/mol. The number of rotatable bonds is 3. The predicted molar refractivity (Wildman–Crippen MR) is 140 cm³/mol. The number of para-hydroxylation sites is 1. The van der Waals surface area contributed by atoms with Crippen molar-refractivity contribution in [2.45, 2.75) is 32.6 Å². The molecule has 1 N–H and O–H groups in total. The van der Waals surface area contributed by atoms with E-state index in [9.17, 15) is 34.4 Å². The lowest BCUT2D eigenvalue weighted by Gasteiger charge is -2.42. The van der Waals surface area contributed by atoms with Crippen LogP contribution < -0.4 is 4.90 Å². The van der Waals surface area contributed by atoms with E-state index < -0.39 is 40.4 Å². The minimum absolute atomic E-state index is 0.0116. The van der Waals surface area contributed by atoms with E-state index in [1.54, 1.807) is 32.0 Å². The van der Waals surface area contributed by atoms with Crippen LogP contribution in [-0.4, -0.2) is 33.4 Å². The summed E-state index contributed by atoms with van der Waals surface area (Å²) in [6, 6.07) is 10.6. The van der Waals surface area contributed by atoms with Gasteiger partial charge in [0.1, 0.15) is 5.75 Å². The Morgan fingerprint density at radius 1 is 1.00 bits per heavy atom. The molecule has 0 aromatic heterocycles. The average Bonchev–Trinajstić information content (AvgIpc) is 3.17. The first-order valence-electron chi connectivity index (χ1n) is 12.7. The molecule has 9 nitrogen and oxygen atoms in total. The normalized spacial score (nSPS) is 26.2. The number of phenolic OH excluding ortho intramolecular Hbond substituents is 1. The Morgan fingerprint density at radius 3 is 2.49 bits per heavy atom. The molecule has 0 spiro atoms. The van der Waals surface area contributed by atoms with Gasteiger partial charge in [-0.15, -0.1) is 0 Å². The molecule has 0 radical (unpaired) electrons. The molecule has 2 aromatic carbocycles. The van der Waals surface area contributed by atoms with Gasteiger partial charge in [-0.2, -0.15) is 0 Å². The zero-order valence-electron chi connectivity index (χ0n) is 21.2. The number of amides is 2. The van der Waals surface area contributed by atoms with Gasteiger partial charge in [0.25, 0.3) is 5.69 Å². The second-order valence-corrected chi connectivity index (χ2v) is 10.5. The van der Waals surface area contributed by atoms with E-state index in [1.807, 2.05) is 6.08 Å². The summed E-state index contributed by atoms with van der Waals surface area (Å²) in [5.41, 5.74) is 2.62. The number of nitro benzene ring substituents is 1. The van der Waals surface area contributed by atoms with E-state index in [2.05, 4.69) is 0 Å². The highest BCUT2D eigenvalue weighted by Gasteiger charge is 2.57. The number of carbonyl (C=O) groups excluding carboxylic acids is 4. The number of aryl methyl sites for hydroxylation is 1. The number of carbonyl (C=O) groups is 4. The second kappa shape index (κ2) is 8.69. The number of ketones is 2. The summed E-state index contributed by atoms with van der Waals surface area (Å²) in [7, 11) is 0. The average molecular weight is 525 g/mol. The van der Waals surface area contributed by atoms with Gasteiger partial charge in [0.2, 0.25) is 11.8 Å². The van der Waals surface area contributed by atoms with E-state index in [0.717, 1.165) is 10.5 Å². The van der Waals surface area contributed by atoms with Crippen molar-refractivity contribution in [2.24, 2.45) is 17.8 Å². The van der Waals surface area contributed by atoms with E-state index in [0.29, 0.717) is 27.8 Å². The fraction of sp³-hybridized carbons (Fsp3) is 0.267. The number of non-ortho nitro benzene ring substituents is 1. The summed E-state index contributed by atoms with van der Waals surface area (Å²) in [4.78, 5) is 65.8. The van der Waals surface area contributed by atoms with Crippen molar-refractivity contribution in [1.29, 1.82) is 0 Å². The number of aromatic hydroxyl groups is 1. The number of allylic oxidation sites excluding steroid dienone is 6. The molecule has 6 rings (SSSR count). The van der Waals surface area contributed by atoms with Gasteiger partial charge in [-0.3, -0.25) is 29.3 Å². The number of nitrogens with zero attached hydrogens (tertiary/aromatic N) is 2. The van der Waals surface area contributed by atoms with Crippen molar-refractivity contribution in [1.82, 2.24) is 0 Å². The molecule has 3 aliphatic carbocycles. The van der Waals surface area contributed by atoms with Crippen molar-refractivity contribution < 1.29 is 29.2 Å². The topological polar surface area (TPSA) is 135 Å². The van der Waals surface area contributed by atoms with Gasteiger partial charge in [-0.1, -0.05) is 35.9 Å². The Balaban J connectivity index is 1.49. The highest BCUT2D eigenvalue weighted by Crippen LogP contribution is 2.56. The lowest BCUT2D eigenvalue weighted by Crippen LogP contribution is -2.39. The van der Waals surface area contributed by atoms with Crippen molar-refractivity contribution in [3.05, 3.63) is 98.2 Å². The SMILES string of the molecule is CC1=CC(=O)C2=C(C1=O)C(c1cccc(C)c1O)C1=CCC3C(=O)N(c4cccc([N+](=O)[O-])c4)C(=O)C3C1C2. The molecule has 2 aromatic rings. The fourth-order valence-corrected chi connectivity index (χ4v) is 6.63. The van der Waals surface area contributed by atoms with Crippen LogP contribution in [0, 0.1) is 34.8 Å². The number of benzene rings is 2. The maximum Gasteiger partial charge on any atom is 0.271 e. The van der Waals surface area contributed by atoms with Gasteiger partial charge < -0.3 is 5.11 Å². The molecular formula is C30H24N2O7. The molecule has 4 unspecified atom stereocenters. The van der Waals surface area contributed by atoms with Crippen LogP contribution in [0.2, 0.25) is 0 Å². The van der Waals surface area contributed by atoms with Crippen molar-refractivity contribution in [3.8, 4) is 5.75 Å². The van der Waals surface area contributed by atoms with Gasteiger partial charge in [0, 0.05) is 40.3 Å². The van der Waals surface area contributed by atoms with E-state index in [-0.39, 0.29) is 41.5 Å². The quantitative estimate of drug-likeness (QED) is 0.209. The van der Waals surface area contributed by atoms with E-state index in [4.69, 9.17) is 0 Å². The highest BCUT2D eigenvalue weighted by molar-refractivity contribution is 6.25. The van der Waals surface area contributed by atoms with Crippen molar-refractivity contribution >= 4 is 34.8 Å². The maximum absolute atomic E-state index is 13.9. The number of imide groups is 1. The summed E-state index contributed by atoms with van der Waals surface area (Å²) < 4.78 is 0. The van der Waals surface area contributed by atoms with Gasteiger partial charge in [0.05, 0.1) is 22.4 Å². The molecular weight excluding hydrogens is 500 g/mol. The van der Waals surface area contributed by atoms with Gasteiger partial charge in [-0.25, -0.2) is 4.90 Å². The molecule has 4 atom stereocenters. The van der Waals surface area contributed by atoms with Crippen molar-refractivity contribution in [2.75, 3.05) is 4.90 Å². The van der Waals surface area contributed by atoms with Crippen LogP contribution in [0.3, 0.4) is 0 Å². The van der Waals surface area contributed by atoms with E-state index >= 15 is 0 Å². The molecule has 4 aliphatic rings. The number of nitro groups is 1. The zero-order chi connectivity index (χ0) is 27.7. The predicted octanol–water partition coefficient (Wildman–Crippen LogP) is 4.24. The lowest BCUT2D eigenvalue weighted by molar-refractivity contribution is -0.384. The summed E-state index contributed by atoms with van der Waals surface area (Å²) in [6.45, 7) is 3.33. The number of anilines is 1. The number of hydrogen-bond acceptors (Lipinski definition) is 7. The molecule has 1 fully saturated rings. The molecule has 1 heterocycles. The number of fused-ring (bicyclic) bond motifs is 3. The third-order valence-electron chi connectivity index (χ3n) is 8.44.